The standard InChI is InChI=1S/C20H19N5O4S2/c1-3-9-24-17(27)16-14(8-10-30-16)25-19(24)22-23-20(25)31-11-15(26)21-13-6-4-12(5-7-13)18(28)29-2/h4-8,10H,3,9,11H2,1-2H3,(H,21,26). The van der Waals surface area contributed by atoms with Crippen molar-refractivity contribution in [2.24, 2.45) is 0 Å². The molecule has 0 fully saturated rings. The normalized spacial score (nSPS) is 11.2. The number of rotatable bonds is 7. The number of thioether (sulfide) groups is 1. The Morgan fingerprint density at radius 2 is 1.97 bits per heavy atom. The Kier molecular flexibility index (Phi) is 6.05. The second-order valence-electron chi connectivity index (χ2n) is 6.62. The van der Waals surface area contributed by atoms with E-state index in [9.17, 15) is 14.4 Å². The Morgan fingerprint density at radius 1 is 1.19 bits per heavy atom. The fraction of sp³-hybridized carbons (Fsp3) is 0.250. The van der Waals surface area contributed by atoms with Gasteiger partial charge in [0.2, 0.25) is 11.7 Å². The van der Waals surface area contributed by atoms with Crippen molar-refractivity contribution in [3.05, 3.63) is 51.6 Å². The number of ether oxygens (including phenoxy) is 1. The third kappa shape index (κ3) is 4.06. The van der Waals surface area contributed by atoms with Gasteiger partial charge in [-0.3, -0.25) is 18.6 Å². The minimum Gasteiger partial charge on any atom is -0.465 e. The van der Waals surface area contributed by atoms with Crippen LogP contribution in [-0.4, -0.2) is 43.9 Å². The summed E-state index contributed by atoms with van der Waals surface area (Å²) in [6.45, 7) is 2.54. The van der Waals surface area contributed by atoms with E-state index in [1.165, 1.54) is 30.2 Å². The summed E-state index contributed by atoms with van der Waals surface area (Å²) in [5.74, 6) is -0.0820. The van der Waals surface area contributed by atoms with E-state index in [2.05, 4.69) is 20.3 Å². The fourth-order valence-corrected chi connectivity index (χ4v) is 4.72. The number of anilines is 1. The molecule has 4 aromatic rings. The third-order valence-corrected chi connectivity index (χ3v) is 6.37. The van der Waals surface area contributed by atoms with E-state index in [4.69, 9.17) is 0 Å². The quantitative estimate of drug-likeness (QED) is 0.336. The van der Waals surface area contributed by atoms with Crippen LogP contribution in [0.25, 0.3) is 16.0 Å². The van der Waals surface area contributed by atoms with E-state index in [0.717, 1.165) is 11.9 Å². The summed E-state index contributed by atoms with van der Waals surface area (Å²) in [5.41, 5.74) is 1.64. The second kappa shape index (κ2) is 8.90. The lowest BCUT2D eigenvalue weighted by molar-refractivity contribution is -0.113. The number of amides is 1. The first-order chi connectivity index (χ1) is 15.0. The van der Waals surface area contributed by atoms with Gasteiger partial charge < -0.3 is 10.1 Å². The molecular weight excluding hydrogens is 438 g/mol. The van der Waals surface area contributed by atoms with E-state index in [1.54, 1.807) is 28.8 Å². The number of nitrogens with zero attached hydrogens (tertiary/aromatic N) is 4. The maximum Gasteiger partial charge on any atom is 0.337 e. The summed E-state index contributed by atoms with van der Waals surface area (Å²) in [6, 6.07) is 8.31. The Labute approximate surface area is 185 Å². The largest absolute Gasteiger partial charge is 0.465 e. The van der Waals surface area contributed by atoms with Gasteiger partial charge in [-0.05, 0) is 42.1 Å². The molecule has 1 N–H and O–H groups in total. The average molecular weight is 458 g/mol. The van der Waals surface area contributed by atoms with Crippen LogP contribution in [0.3, 0.4) is 0 Å². The highest BCUT2D eigenvalue weighted by molar-refractivity contribution is 7.99. The van der Waals surface area contributed by atoms with Gasteiger partial charge in [0.1, 0.15) is 4.70 Å². The molecule has 1 aromatic carbocycles. The number of esters is 1. The van der Waals surface area contributed by atoms with Crippen LogP contribution < -0.4 is 10.9 Å². The van der Waals surface area contributed by atoms with E-state index in [1.807, 2.05) is 22.8 Å². The number of carbonyl (C=O) groups excluding carboxylic acids is 2. The van der Waals surface area contributed by atoms with Crippen LogP contribution >= 0.6 is 23.1 Å². The molecule has 0 saturated carbocycles. The average Bonchev–Trinajstić information content (AvgIpc) is 3.42. The molecule has 1 amide bonds. The van der Waals surface area contributed by atoms with Crippen LogP contribution in [0.5, 0.6) is 0 Å². The highest BCUT2D eigenvalue weighted by atomic mass is 32.2. The summed E-state index contributed by atoms with van der Waals surface area (Å²) < 4.78 is 8.75. The number of thiophene rings is 1. The van der Waals surface area contributed by atoms with Crippen molar-refractivity contribution in [1.82, 2.24) is 19.2 Å². The van der Waals surface area contributed by atoms with E-state index >= 15 is 0 Å². The zero-order valence-corrected chi connectivity index (χ0v) is 18.5. The molecule has 0 bridgehead atoms. The van der Waals surface area contributed by atoms with Gasteiger partial charge in [0.05, 0.1) is 23.9 Å². The summed E-state index contributed by atoms with van der Waals surface area (Å²) in [4.78, 5) is 36.7. The van der Waals surface area contributed by atoms with Crippen LogP contribution in [0.15, 0.2) is 45.7 Å². The SMILES string of the molecule is CCCn1c(=O)c2sccc2n2c(SCC(=O)Nc3ccc(C(=O)OC)cc3)nnc12. The molecule has 11 heteroatoms. The molecule has 0 atom stereocenters. The predicted octanol–water partition coefficient (Wildman–Crippen LogP) is 3.03. The highest BCUT2D eigenvalue weighted by Gasteiger charge is 2.18. The summed E-state index contributed by atoms with van der Waals surface area (Å²) in [7, 11) is 1.31. The minimum atomic E-state index is -0.437. The van der Waals surface area contributed by atoms with E-state index in [-0.39, 0.29) is 17.2 Å². The van der Waals surface area contributed by atoms with Gasteiger partial charge in [0.15, 0.2) is 5.16 Å². The first-order valence-corrected chi connectivity index (χ1v) is 11.4. The molecule has 0 aliphatic heterocycles. The smallest absolute Gasteiger partial charge is 0.337 e. The molecule has 0 aliphatic rings. The van der Waals surface area contributed by atoms with Crippen LogP contribution in [0, 0.1) is 0 Å². The number of methoxy groups -OCH3 is 1. The van der Waals surface area contributed by atoms with Crippen LogP contribution in [-0.2, 0) is 16.1 Å². The molecule has 3 heterocycles. The Hall–Kier alpha value is -3.18. The van der Waals surface area contributed by atoms with Gasteiger partial charge in [-0.15, -0.1) is 21.5 Å². The fourth-order valence-electron chi connectivity index (χ4n) is 3.15. The Balaban J connectivity index is 1.53. The summed E-state index contributed by atoms with van der Waals surface area (Å²) >= 11 is 2.62. The third-order valence-electron chi connectivity index (χ3n) is 4.55. The maximum absolute atomic E-state index is 12.7. The van der Waals surface area contributed by atoms with Gasteiger partial charge in [-0.25, -0.2) is 4.79 Å². The molecule has 0 radical (unpaired) electrons. The monoisotopic (exact) mass is 457 g/mol. The van der Waals surface area contributed by atoms with Gasteiger partial charge in [-0.1, -0.05) is 18.7 Å². The number of carbonyl (C=O) groups is 2. The number of fused-ring (bicyclic) bond motifs is 3. The van der Waals surface area contributed by atoms with Crippen molar-refractivity contribution in [2.75, 3.05) is 18.2 Å². The summed E-state index contributed by atoms with van der Waals surface area (Å²) in [6.07, 6.45) is 0.791. The Morgan fingerprint density at radius 3 is 2.68 bits per heavy atom. The zero-order valence-electron chi connectivity index (χ0n) is 16.8. The first kappa shape index (κ1) is 21.1. The van der Waals surface area contributed by atoms with Gasteiger partial charge >= 0.3 is 5.97 Å². The lowest BCUT2D eigenvalue weighted by Crippen LogP contribution is -2.22. The number of hydrogen-bond acceptors (Lipinski definition) is 8. The van der Waals surface area contributed by atoms with Gasteiger partial charge in [0.25, 0.3) is 5.56 Å². The van der Waals surface area contributed by atoms with Crippen molar-refractivity contribution in [3.8, 4) is 0 Å². The van der Waals surface area contributed by atoms with Crippen LogP contribution in [0.2, 0.25) is 0 Å². The maximum atomic E-state index is 12.7. The van der Waals surface area contributed by atoms with E-state index < -0.39 is 5.97 Å². The molecule has 0 aliphatic carbocycles. The lowest BCUT2D eigenvalue weighted by atomic mass is 10.2. The van der Waals surface area contributed by atoms with Crippen LogP contribution in [0.4, 0.5) is 5.69 Å². The molecular formula is C20H19N5O4S2. The predicted molar refractivity (Wildman–Crippen MR) is 120 cm³/mol. The first-order valence-electron chi connectivity index (χ1n) is 9.49. The summed E-state index contributed by atoms with van der Waals surface area (Å²) in [5, 5.41) is 13.6. The molecule has 31 heavy (non-hydrogen) atoms. The van der Waals surface area contributed by atoms with Crippen molar-refractivity contribution in [2.45, 2.75) is 25.0 Å². The van der Waals surface area contributed by atoms with Gasteiger partial charge in [-0.2, -0.15) is 0 Å². The number of hydrogen-bond donors (Lipinski definition) is 1. The van der Waals surface area contributed by atoms with Crippen LogP contribution in [0.1, 0.15) is 23.7 Å². The molecule has 160 valence electrons. The molecule has 0 unspecified atom stereocenters. The van der Waals surface area contributed by atoms with Crippen molar-refractivity contribution in [1.29, 1.82) is 0 Å². The molecule has 4 rings (SSSR count). The zero-order chi connectivity index (χ0) is 22.0. The number of aryl methyl sites for hydroxylation is 1. The minimum absolute atomic E-state index is 0.0727. The topological polar surface area (TPSA) is 108 Å². The van der Waals surface area contributed by atoms with Crippen molar-refractivity contribution < 1.29 is 14.3 Å². The van der Waals surface area contributed by atoms with Crippen molar-refractivity contribution >= 4 is 56.7 Å². The lowest BCUT2D eigenvalue weighted by Gasteiger charge is -2.08. The molecule has 0 saturated heterocycles. The molecule has 9 nitrogen and oxygen atoms in total. The van der Waals surface area contributed by atoms with Crippen molar-refractivity contribution in [3.63, 3.8) is 0 Å². The van der Waals surface area contributed by atoms with E-state index in [0.29, 0.717) is 33.4 Å². The number of aromatic nitrogens is 4. The second-order valence-corrected chi connectivity index (χ2v) is 8.47. The Bertz CT molecular complexity index is 1320. The number of benzene rings is 1. The van der Waals surface area contributed by atoms with Gasteiger partial charge in [0, 0.05) is 12.2 Å². The number of nitrogens with one attached hydrogen (secondary N) is 1. The highest BCUT2D eigenvalue weighted by Crippen LogP contribution is 2.24. The molecule has 0 spiro atoms. The molecule has 3 aromatic heterocycles.